The van der Waals surface area contributed by atoms with Crippen molar-refractivity contribution in [2.45, 2.75) is 31.0 Å². The Balaban J connectivity index is 1.69. The zero-order valence-corrected chi connectivity index (χ0v) is 14.4. The van der Waals surface area contributed by atoms with E-state index in [-0.39, 0.29) is 23.9 Å². The number of aryl methyl sites for hydroxylation is 1. The lowest BCUT2D eigenvalue weighted by Crippen LogP contribution is -2.27. The van der Waals surface area contributed by atoms with E-state index in [0.29, 0.717) is 16.6 Å². The summed E-state index contributed by atoms with van der Waals surface area (Å²) < 4.78 is 6.73. The van der Waals surface area contributed by atoms with Gasteiger partial charge in [0.05, 0.1) is 13.2 Å². The van der Waals surface area contributed by atoms with E-state index in [2.05, 4.69) is 10.3 Å². The van der Waals surface area contributed by atoms with Gasteiger partial charge in [0.1, 0.15) is 5.75 Å². The Morgan fingerprint density at radius 1 is 1.42 bits per heavy atom. The van der Waals surface area contributed by atoms with Crippen LogP contribution < -0.4 is 15.6 Å². The van der Waals surface area contributed by atoms with E-state index in [4.69, 9.17) is 4.74 Å². The van der Waals surface area contributed by atoms with Crippen molar-refractivity contribution in [2.75, 3.05) is 18.2 Å². The Morgan fingerprint density at radius 3 is 2.83 bits per heavy atom. The number of carbonyl (C=O) groups excluding carboxylic acids is 1. The molecule has 0 fully saturated rings. The molecule has 1 aliphatic heterocycles. The van der Waals surface area contributed by atoms with Crippen LogP contribution in [0.15, 0.2) is 40.3 Å². The van der Waals surface area contributed by atoms with Gasteiger partial charge in [-0.05, 0) is 30.7 Å². The molecule has 3 rings (SSSR count). The summed E-state index contributed by atoms with van der Waals surface area (Å²) in [4.78, 5) is 29.0. The Kier molecular flexibility index (Phi) is 4.89. The number of thioether (sulfide) groups is 1. The van der Waals surface area contributed by atoms with E-state index in [1.165, 1.54) is 11.8 Å². The Hall–Kier alpha value is -2.28. The highest BCUT2D eigenvalue weighted by Crippen LogP contribution is 2.32. The minimum absolute atomic E-state index is 0.0795. The molecule has 6 nitrogen and oxygen atoms in total. The van der Waals surface area contributed by atoms with Crippen LogP contribution in [-0.4, -0.2) is 28.3 Å². The van der Waals surface area contributed by atoms with Crippen LogP contribution in [0.2, 0.25) is 0 Å². The number of nitrogens with one attached hydrogen (secondary N) is 1. The fourth-order valence-electron chi connectivity index (χ4n) is 2.63. The van der Waals surface area contributed by atoms with Crippen LogP contribution in [0.25, 0.3) is 0 Å². The van der Waals surface area contributed by atoms with Crippen molar-refractivity contribution in [1.82, 2.24) is 9.55 Å². The van der Waals surface area contributed by atoms with Gasteiger partial charge in [-0.2, -0.15) is 0 Å². The molecule has 0 bridgehead atoms. The summed E-state index contributed by atoms with van der Waals surface area (Å²) in [7, 11) is 1.60. The fraction of sp³-hybridized carbons (Fsp3) is 0.353. The van der Waals surface area contributed by atoms with Crippen molar-refractivity contribution < 1.29 is 9.53 Å². The topological polar surface area (TPSA) is 73.2 Å². The lowest BCUT2D eigenvalue weighted by molar-refractivity contribution is -0.116. The van der Waals surface area contributed by atoms with Crippen molar-refractivity contribution in [3.05, 3.63) is 46.4 Å². The number of hydrogen-bond acceptors (Lipinski definition) is 5. The summed E-state index contributed by atoms with van der Waals surface area (Å²) >= 11 is 1.53. The van der Waals surface area contributed by atoms with Crippen molar-refractivity contribution in [3.8, 4) is 5.75 Å². The molecule has 1 unspecified atom stereocenters. The number of anilines is 1. The summed E-state index contributed by atoms with van der Waals surface area (Å²) in [6, 6.07) is 8.55. The van der Waals surface area contributed by atoms with E-state index in [1.807, 2.05) is 6.92 Å². The first-order valence-corrected chi connectivity index (χ1v) is 8.78. The van der Waals surface area contributed by atoms with Gasteiger partial charge in [-0.25, -0.2) is 4.98 Å². The second-order valence-electron chi connectivity index (χ2n) is 5.54. The predicted octanol–water partition coefficient (Wildman–Crippen LogP) is 2.49. The van der Waals surface area contributed by atoms with Gasteiger partial charge in [0.25, 0.3) is 5.56 Å². The van der Waals surface area contributed by atoms with Crippen LogP contribution in [0.3, 0.4) is 0 Å². The summed E-state index contributed by atoms with van der Waals surface area (Å²) in [6.45, 7) is 1.97. The number of benzene rings is 1. The van der Waals surface area contributed by atoms with Gasteiger partial charge >= 0.3 is 0 Å². The number of ether oxygens (including phenoxy) is 1. The van der Waals surface area contributed by atoms with Gasteiger partial charge in [0.2, 0.25) is 5.91 Å². The van der Waals surface area contributed by atoms with Gasteiger partial charge in [-0.1, -0.05) is 18.7 Å². The van der Waals surface area contributed by atoms with Crippen LogP contribution >= 0.6 is 11.8 Å². The van der Waals surface area contributed by atoms with E-state index < -0.39 is 0 Å². The molecule has 1 aromatic carbocycles. The molecule has 0 radical (unpaired) electrons. The van der Waals surface area contributed by atoms with Crippen molar-refractivity contribution >= 4 is 23.4 Å². The van der Waals surface area contributed by atoms with Crippen molar-refractivity contribution in [1.29, 1.82) is 0 Å². The molecule has 1 N–H and O–H groups in total. The Bertz CT molecular complexity index is 802. The Morgan fingerprint density at radius 2 is 2.17 bits per heavy atom. The minimum atomic E-state index is -0.158. The molecular weight excluding hydrogens is 326 g/mol. The van der Waals surface area contributed by atoms with E-state index in [9.17, 15) is 9.59 Å². The molecule has 0 spiro atoms. The molecular formula is C17H19N3O3S. The summed E-state index contributed by atoms with van der Waals surface area (Å²) in [6.07, 6.45) is 0.978. The predicted molar refractivity (Wildman–Crippen MR) is 93.9 cm³/mol. The van der Waals surface area contributed by atoms with Crippen molar-refractivity contribution in [3.63, 3.8) is 0 Å². The van der Waals surface area contributed by atoms with E-state index in [1.54, 1.807) is 42.0 Å². The lowest BCUT2D eigenvalue weighted by atomic mass is 10.2. The van der Waals surface area contributed by atoms with Gasteiger partial charge in [0, 0.05) is 29.6 Å². The first kappa shape index (κ1) is 16.6. The van der Waals surface area contributed by atoms with Gasteiger partial charge in [-0.3, -0.25) is 14.2 Å². The molecule has 1 atom stereocenters. The third-order valence-electron chi connectivity index (χ3n) is 3.90. The average Bonchev–Trinajstić information content (AvgIpc) is 2.98. The monoisotopic (exact) mass is 345 g/mol. The fourth-order valence-corrected chi connectivity index (χ4v) is 3.80. The van der Waals surface area contributed by atoms with E-state index in [0.717, 1.165) is 17.9 Å². The van der Waals surface area contributed by atoms with Crippen LogP contribution in [0, 0.1) is 0 Å². The molecule has 0 aliphatic carbocycles. The van der Waals surface area contributed by atoms with Gasteiger partial charge < -0.3 is 10.1 Å². The normalized spacial score (nSPS) is 15.8. The van der Waals surface area contributed by atoms with Crippen molar-refractivity contribution in [2.24, 2.45) is 0 Å². The molecule has 0 saturated carbocycles. The highest BCUT2D eigenvalue weighted by molar-refractivity contribution is 7.99. The highest BCUT2D eigenvalue weighted by atomic mass is 32.2. The zero-order chi connectivity index (χ0) is 17.1. The number of amides is 1. The van der Waals surface area contributed by atoms with Crippen LogP contribution in [0.5, 0.6) is 5.75 Å². The van der Waals surface area contributed by atoms with Gasteiger partial charge in [0.15, 0.2) is 5.16 Å². The first-order chi connectivity index (χ1) is 11.6. The molecule has 24 heavy (non-hydrogen) atoms. The number of hydrogen-bond donors (Lipinski definition) is 1. The zero-order valence-electron chi connectivity index (χ0n) is 13.6. The quantitative estimate of drug-likeness (QED) is 0.843. The number of methoxy groups -OCH3 is 1. The SMILES string of the molecule is CCc1cc(=O)n2c(n1)SCC2CC(=O)Nc1ccc(OC)cc1. The standard InChI is InChI=1S/C17H19N3O3S/c1-3-11-8-16(22)20-13(10-24-17(20)19-11)9-15(21)18-12-4-6-14(23-2)7-5-12/h4-8,13H,3,9-10H2,1-2H3,(H,18,21). The molecule has 1 aromatic heterocycles. The second-order valence-corrected chi connectivity index (χ2v) is 6.52. The number of carbonyl (C=O) groups is 1. The number of fused-ring (bicyclic) bond motifs is 1. The maximum atomic E-state index is 12.3. The third-order valence-corrected chi connectivity index (χ3v) is 5.00. The first-order valence-electron chi connectivity index (χ1n) is 7.80. The largest absolute Gasteiger partial charge is 0.497 e. The molecule has 0 saturated heterocycles. The van der Waals surface area contributed by atoms with Crippen LogP contribution in [0.4, 0.5) is 5.69 Å². The Labute approximate surface area is 144 Å². The number of nitrogens with zero attached hydrogens (tertiary/aromatic N) is 2. The van der Waals surface area contributed by atoms with Crippen LogP contribution in [-0.2, 0) is 11.2 Å². The molecule has 1 aliphatic rings. The lowest BCUT2D eigenvalue weighted by Gasteiger charge is -2.13. The summed E-state index contributed by atoms with van der Waals surface area (Å²) in [5.74, 6) is 1.30. The van der Waals surface area contributed by atoms with Gasteiger partial charge in [-0.15, -0.1) is 0 Å². The smallest absolute Gasteiger partial charge is 0.254 e. The molecule has 7 heteroatoms. The molecule has 2 aromatic rings. The third kappa shape index (κ3) is 3.46. The molecule has 126 valence electrons. The minimum Gasteiger partial charge on any atom is -0.497 e. The molecule has 1 amide bonds. The average molecular weight is 345 g/mol. The molecule has 2 heterocycles. The number of rotatable bonds is 5. The van der Waals surface area contributed by atoms with E-state index >= 15 is 0 Å². The maximum absolute atomic E-state index is 12.3. The second kappa shape index (κ2) is 7.09. The highest BCUT2D eigenvalue weighted by Gasteiger charge is 2.27. The summed E-state index contributed by atoms with van der Waals surface area (Å²) in [5, 5.41) is 3.56. The maximum Gasteiger partial charge on any atom is 0.254 e. The summed E-state index contributed by atoms with van der Waals surface area (Å²) in [5.41, 5.74) is 1.42. The number of aromatic nitrogens is 2. The van der Waals surface area contributed by atoms with Crippen LogP contribution in [0.1, 0.15) is 25.1 Å².